The minimum atomic E-state index is -0.0791. The number of hydrogen-bond donors (Lipinski definition) is 1. The Kier molecular flexibility index (Phi) is 3.12. The van der Waals surface area contributed by atoms with Crippen molar-refractivity contribution >= 4 is 22.9 Å². The van der Waals surface area contributed by atoms with Gasteiger partial charge in [-0.25, -0.2) is 4.98 Å². The van der Waals surface area contributed by atoms with Crippen LogP contribution in [0.4, 0.5) is 0 Å². The highest BCUT2D eigenvalue weighted by atomic mass is 35.5. The summed E-state index contributed by atoms with van der Waals surface area (Å²) < 4.78 is 0.701. The molecular weight excluding hydrogens is 244 g/mol. The van der Waals surface area contributed by atoms with Gasteiger partial charge in [0.15, 0.2) is 0 Å². The Morgan fingerprint density at radius 1 is 1.44 bits per heavy atom. The maximum Gasteiger partial charge on any atom is 0.254 e. The first-order valence-electron chi connectivity index (χ1n) is 4.93. The van der Waals surface area contributed by atoms with Crippen LogP contribution in [-0.4, -0.2) is 9.97 Å². The lowest BCUT2D eigenvalue weighted by Gasteiger charge is -2.08. The number of aromatic nitrogens is 2. The van der Waals surface area contributed by atoms with E-state index in [-0.39, 0.29) is 11.5 Å². The highest BCUT2D eigenvalue weighted by molar-refractivity contribution is 7.19. The van der Waals surface area contributed by atoms with Gasteiger partial charge in [0.1, 0.15) is 0 Å². The second-order valence-electron chi connectivity index (χ2n) is 3.75. The van der Waals surface area contributed by atoms with E-state index < -0.39 is 0 Å². The van der Waals surface area contributed by atoms with Crippen LogP contribution in [0.15, 0.2) is 23.3 Å². The molecule has 0 atom stereocenters. The average molecular weight is 255 g/mol. The van der Waals surface area contributed by atoms with E-state index in [2.05, 4.69) is 9.97 Å². The molecule has 0 amide bonds. The fraction of sp³-hybridized carbons (Fsp3) is 0.273. The van der Waals surface area contributed by atoms with Gasteiger partial charge >= 0.3 is 0 Å². The summed E-state index contributed by atoms with van der Waals surface area (Å²) in [6, 6.07) is 3.70. The maximum absolute atomic E-state index is 11.7. The van der Waals surface area contributed by atoms with Crippen molar-refractivity contribution in [3.63, 3.8) is 0 Å². The third-order valence-corrected chi connectivity index (χ3v) is 3.51. The van der Waals surface area contributed by atoms with Crippen molar-refractivity contribution in [1.82, 2.24) is 9.97 Å². The summed E-state index contributed by atoms with van der Waals surface area (Å²) in [5.41, 5.74) is 1.36. The van der Waals surface area contributed by atoms with Gasteiger partial charge in [0, 0.05) is 5.56 Å². The highest BCUT2D eigenvalue weighted by Crippen LogP contribution is 2.32. The molecule has 0 saturated heterocycles. The van der Waals surface area contributed by atoms with Gasteiger partial charge in [-0.3, -0.25) is 4.79 Å². The van der Waals surface area contributed by atoms with Crippen LogP contribution in [-0.2, 0) is 0 Å². The van der Waals surface area contributed by atoms with E-state index in [1.54, 1.807) is 0 Å². The number of H-pyrrole nitrogens is 1. The van der Waals surface area contributed by atoms with Crippen LogP contribution >= 0.6 is 22.9 Å². The fourth-order valence-electron chi connectivity index (χ4n) is 1.58. The van der Waals surface area contributed by atoms with Crippen LogP contribution in [0.2, 0.25) is 4.34 Å². The molecule has 0 aromatic carbocycles. The van der Waals surface area contributed by atoms with Crippen molar-refractivity contribution < 1.29 is 0 Å². The molecule has 84 valence electrons. The fourth-order valence-corrected chi connectivity index (χ4v) is 2.64. The van der Waals surface area contributed by atoms with Crippen LogP contribution < -0.4 is 5.56 Å². The summed E-state index contributed by atoms with van der Waals surface area (Å²) in [5.74, 6) is 0.133. The molecule has 0 radical (unpaired) electrons. The Morgan fingerprint density at radius 2 is 2.19 bits per heavy atom. The summed E-state index contributed by atoms with van der Waals surface area (Å²) in [6.07, 6.45) is 1.43. The van der Waals surface area contributed by atoms with Crippen LogP contribution in [0.1, 0.15) is 25.3 Å². The van der Waals surface area contributed by atoms with E-state index in [1.807, 2.05) is 26.0 Å². The normalized spacial score (nSPS) is 11.0. The lowest BCUT2D eigenvalue weighted by atomic mass is 10.0. The van der Waals surface area contributed by atoms with Crippen molar-refractivity contribution in [1.29, 1.82) is 0 Å². The Morgan fingerprint density at radius 3 is 2.75 bits per heavy atom. The van der Waals surface area contributed by atoms with Crippen molar-refractivity contribution in [3.8, 4) is 10.6 Å². The third kappa shape index (κ3) is 2.03. The summed E-state index contributed by atoms with van der Waals surface area (Å²) >= 11 is 7.32. The predicted molar refractivity (Wildman–Crippen MR) is 67.3 cm³/mol. The predicted octanol–water partition coefficient (Wildman–Crippen LogP) is 3.28. The van der Waals surface area contributed by atoms with Gasteiger partial charge in [-0.05, 0) is 18.1 Å². The number of halogens is 1. The van der Waals surface area contributed by atoms with E-state index in [1.165, 1.54) is 17.7 Å². The minimum absolute atomic E-state index is 0.0791. The monoisotopic (exact) mass is 254 g/mol. The largest absolute Gasteiger partial charge is 0.313 e. The van der Waals surface area contributed by atoms with Crippen molar-refractivity contribution in [3.05, 3.63) is 38.7 Å². The number of nitrogens with zero attached hydrogens (tertiary/aromatic N) is 1. The van der Waals surface area contributed by atoms with Crippen LogP contribution in [0.5, 0.6) is 0 Å². The van der Waals surface area contributed by atoms with Gasteiger partial charge in [0.25, 0.3) is 5.56 Å². The van der Waals surface area contributed by atoms with E-state index in [4.69, 9.17) is 11.6 Å². The van der Waals surface area contributed by atoms with E-state index in [0.717, 1.165) is 10.6 Å². The molecule has 0 saturated carbocycles. The molecule has 2 rings (SSSR count). The average Bonchev–Trinajstić information content (AvgIpc) is 2.63. The summed E-state index contributed by atoms with van der Waals surface area (Å²) in [4.78, 5) is 19.5. The summed E-state index contributed by atoms with van der Waals surface area (Å²) in [6.45, 7) is 3.95. The van der Waals surface area contributed by atoms with Gasteiger partial charge in [-0.1, -0.05) is 25.4 Å². The van der Waals surface area contributed by atoms with Crippen molar-refractivity contribution in [2.24, 2.45) is 0 Å². The van der Waals surface area contributed by atoms with E-state index in [0.29, 0.717) is 9.90 Å². The minimum Gasteiger partial charge on any atom is -0.313 e. The van der Waals surface area contributed by atoms with E-state index in [9.17, 15) is 4.79 Å². The first-order valence-corrected chi connectivity index (χ1v) is 6.12. The van der Waals surface area contributed by atoms with Gasteiger partial charge in [0.05, 0.1) is 21.2 Å². The molecule has 16 heavy (non-hydrogen) atoms. The topological polar surface area (TPSA) is 45.8 Å². The Balaban J connectivity index is 2.65. The zero-order valence-corrected chi connectivity index (χ0v) is 10.5. The molecule has 5 heteroatoms. The first kappa shape index (κ1) is 11.4. The lowest BCUT2D eigenvalue weighted by Crippen LogP contribution is -2.15. The summed E-state index contributed by atoms with van der Waals surface area (Å²) in [7, 11) is 0. The van der Waals surface area contributed by atoms with Crippen molar-refractivity contribution in [2.75, 3.05) is 0 Å². The summed E-state index contributed by atoms with van der Waals surface area (Å²) in [5, 5.41) is 0. The van der Waals surface area contributed by atoms with E-state index >= 15 is 0 Å². The second kappa shape index (κ2) is 4.39. The Hall–Kier alpha value is -1.13. The standard InChI is InChI=1S/C11H11ClN2OS/c1-6(2)9-10(13-5-14-11(9)15)7-3-4-8(12)16-7/h3-6H,1-2H3,(H,13,14,15). The lowest BCUT2D eigenvalue weighted by molar-refractivity contribution is 0.834. The van der Waals surface area contributed by atoms with Gasteiger partial charge < -0.3 is 4.98 Å². The molecule has 2 aromatic heterocycles. The number of hydrogen-bond acceptors (Lipinski definition) is 3. The number of thiophene rings is 1. The maximum atomic E-state index is 11.7. The van der Waals surface area contributed by atoms with Gasteiger partial charge in [0.2, 0.25) is 0 Å². The molecular formula is C11H11ClN2OS. The highest BCUT2D eigenvalue weighted by Gasteiger charge is 2.15. The smallest absolute Gasteiger partial charge is 0.254 e. The van der Waals surface area contributed by atoms with Crippen LogP contribution in [0, 0.1) is 0 Å². The zero-order valence-electron chi connectivity index (χ0n) is 8.95. The SMILES string of the molecule is CC(C)c1c(-c2ccc(Cl)s2)nc[nH]c1=O. The number of nitrogens with one attached hydrogen (secondary N) is 1. The van der Waals surface area contributed by atoms with Crippen LogP contribution in [0.25, 0.3) is 10.6 Å². The Bertz CT molecular complexity index is 559. The van der Waals surface area contributed by atoms with Gasteiger partial charge in [-0.2, -0.15) is 0 Å². The third-order valence-electron chi connectivity index (χ3n) is 2.27. The molecule has 2 heterocycles. The molecule has 0 spiro atoms. The molecule has 3 nitrogen and oxygen atoms in total. The first-order chi connectivity index (χ1) is 7.59. The zero-order chi connectivity index (χ0) is 11.7. The second-order valence-corrected chi connectivity index (χ2v) is 5.47. The molecule has 2 aromatic rings. The molecule has 0 bridgehead atoms. The molecule has 0 fully saturated rings. The molecule has 0 aliphatic heterocycles. The molecule has 0 unspecified atom stereocenters. The van der Waals surface area contributed by atoms with Crippen LogP contribution in [0.3, 0.4) is 0 Å². The number of aromatic amines is 1. The quantitative estimate of drug-likeness (QED) is 0.894. The molecule has 0 aliphatic rings. The molecule has 0 aliphatic carbocycles. The number of rotatable bonds is 2. The Labute approximate surface area is 102 Å². The van der Waals surface area contributed by atoms with Gasteiger partial charge in [-0.15, -0.1) is 11.3 Å². The van der Waals surface area contributed by atoms with Crippen molar-refractivity contribution in [2.45, 2.75) is 19.8 Å². The molecule has 1 N–H and O–H groups in total.